The lowest BCUT2D eigenvalue weighted by Crippen LogP contribution is -2.33. The molecule has 0 unspecified atom stereocenters. The SMILES string of the molecule is NC1(c2nc(-c3ccc4ncccc4c3)no2)CCCC1. The standard InChI is InChI=1S/C16H16N4O/c17-16(7-1-2-8-16)15-19-14(20-21-15)12-5-6-13-11(10-12)4-3-9-18-13/h3-6,9-10H,1-2,7-8,17H2. The molecular weight excluding hydrogens is 264 g/mol. The molecule has 2 heterocycles. The van der Waals surface area contributed by atoms with E-state index in [4.69, 9.17) is 10.3 Å². The molecule has 5 nitrogen and oxygen atoms in total. The Labute approximate surface area is 122 Å². The van der Waals surface area contributed by atoms with Crippen molar-refractivity contribution in [2.24, 2.45) is 5.73 Å². The van der Waals surface area contributed by atoms with Gasteiger partial charge < -0.3 is 10.3 Å². The largest absolute Gasteiger partial charge is 0.337 e. The molecule has 1 fully saturated rings. The lowest BCUT2D eigenvalue weighted by molar-refractivity contribution is 0.285. The molecule has 0 spiro atoms. The molecule has 106 valence electrons. The molecule has 0 amide bonds. The van der Waals surface area contributed by atoms with Gasteiger partial charge in [0.1, 0.15) is 0 Å². The van der Waals surface area contributed by atoms with Gasteiger partial charge in [-0.1, -0.05) is 24.1 Å². The van der Waals surface area contributed by atoms with Crippen molar-refractivity contribution in [2.45, 2.75) is 31.2 Å². The second-order valence-corrected chi connectivity index (χ2v) is 5.70. The van der Waals surface area contributed by atoms with E-state index in [0.717, 1.165) is 42.1 Å². The molecule has 1 saturated carbocycles. The fourth-order valence-electron chi connectivity index (χ4n) is 2.98. The molecule has 0 radical (unpaired) electrons. The van der Waals surface area contributed by atoms with Crippen LogP contribution >= 0.6 is 0 Å². The first kappa shape index (κ1) is 12.5. The van der Waals surface area contributed by atoms with E-state index >= 15 is 0 Å². The van der Waals surface area contributed by atoms with Gasteiger partial charge in [0.2, 0.25) is 11.7 Å². The highest BCUT2D eigenvalue weighted by Crippen LogP contribution is 2.36. The van der Waals surface area contributed by atoms with E-state index in [1.54, 1.807) is 6.20 Å². The second-order valence-electron chi connectivity index (χ2n) is 5.70. The zero-order valence-electron chi connectivity index (χ0n) is 11.6. The quantitative estimate of drug-likeness (QED) is 0.780. The van der Waals surface area contributed by atoms with Crippen LogP contribution in [0.2, 0.25) is 0 Å². The average Bonchev–Trinajstić information content (AvgIpc) is 3.17. The molecule has 21 heavy (non-hydrogen) atoms. The Morgan fingerprint density at radius 2 is 2.00 bits per heavy atom. The number of rotatable bonds is 2. The van der Waals surface area contributed by atoms with Crippen LogP contribution < -0.4 is 5.73 Å². The van der Waals surface area contributed by atoms with Crippen molar-refractivity contribution in [2.75, 3.05) is 0 Å². The molecule has 4 rings (SSSR count). The number of nitrogens with zero attached hydrogens (tertiary/aromatic N) is 3. The molecule has 2 aromatic heterocycles. The Hall–Kier alpha value is -2.27. The highest BCUT2D eigenvalue weighted by Gasteiger charge is 2.36. The third kappa shape index (κ3) is 2.10. The highest BCUT2D eigenvalue weighted by molar-refractivity contribution is 5.82. The summed E-state index contributed by atoms with van der Waals surface area (Å²) in [5.41, 5.74) is 7.79. The van der Waals surface area contributed by atoms with Crippen LogP contribution in [0.1, 0.15) is 31.6 Å². The maximum atomic E-state index is 6.36. The average molecular weight is 280 g/mol. The highest BCUT2D eigenvalue weighted by atomic mass is 16.5. The molecule has 0 bridgehead atoms. The van der Waals surface area contributed by atoms with E-state index < -0.39 is 5.54 Å². The van der Waals surface area contributed by atoms with E-state index in [1.165, 1.54) is 0 Å². The molecule has 3 aromatic rings. The first-order valence-electron chi connectivity index (χ1n) is 7.23. The number of aromatic nitrogens is 3. The zero-order valence-corrected chi connectivity index (χ0v) is 11.6. The molecule has 2 N–H and O–H groups in total. The van der Waals surface area contributed by atoms with Gasteiger partial charge in [-0.25, -0.2) is 0 Å². The maximum absolute atomic E-state index is 6.36. The van der Waals surface area contributed by atoms with Crippen molar-refractivity contribution in [1.82, 2.24) is 15.1 Å². The Morgan fingerprint density at radius 3 is 2.86 bits per heavy atom. The molecule has 5 heteroatoms. The van der Waals surface area contributed by atoms with E-state index in [1.807, 2.05) is 30.3 Å². The van der Waals surface area contributed by atoms with E-state index in [0.29, 0.717) is 11.7 Å². The number of nitrogens with two attached hydrogens (primary N) is 1. The van der Waals surface area contributed by atoms with Crippen LogP contribution in [0.4, 0.5) is 0 Å². The predicted octanol–water partition coefficient (Wildman–Crippen LogP) is 3.01. The van der Waals surface area contributed by atoms with Crippen molar-refractivity contribution in [3.8, 4) is 11.4 Å². The normalized spacial score (nSPS) is 17.4. The van der Waals surface area contributed by atoms with Gasteiger partial charge in [0, 0.05) is 17.1 Å². The number of hydrogen-bond donors (Lipinski definition) is 1. The van der Waals surface area contributed by atoms with Crippen molar-refractivity contribution < 1.29 is 4.52 Å². The fraction of sp³-hybridized carbons (Fsp3) is 0.312. The molecule has 1 aliphatic rings. The first-order valence-corrected chi connectivity index (χ1v) is 7.23. The van der Waals surface area contributed by atoms with Crippen LogP contribution in [0.5, 0.6) is 0 Å². The van der Waals surface area contributed by atoms with Gasteiger partial charge in [-0.05, 0) is 37.1 Å². The van der Waals surface area contributed by atoms with Crippen molar-refractivity contribution >= 4 is 10.9 Å². The van der Waals surface area contributed by atoms with Crippen LogP contribution in [0.25, 0.3) is 22.3 Å². The van der Waals surface area contributed by atoms with Crippen LogP contribution in [-0.2, 0) is 5.54 Å². The third-order valence-corrected chi connectivity index (χ3v) is 4.21. The summed E-state index contributed by atoms with van der Waals surface area (Å²) in [4.78, 5) is 8.83. The number of fused-ring (bicyclic) bond motifs is 1. The summed E-state index contributed by atoms with van der Waals surface area (Å²) < 4.78 is 5.42. The van der Waals surface area contributed by atoms with Crippen molar-refractivity contribution in [1.29, 1.82) is 0 Å². The third-order valence-electron chi connectivity index (χ3n) is 4.21. The lowest BCUT2D eigenvalue weighted by atomic mass is 9.99. The molecule has 0 saturated heterocycles. The predicted molar refractivity (Wildman–Crippen MR) is 79.4 cm³/mol. The van der Waals surface area contributed by atoms with Gasteiger partial charge in [-0.2, -0.15) is 4.98 Å². The van der Waals surface area contributed by atoms with Crippen LogP contribution in [-0.4, -0.2) is 15.1 Å². The molecule has 1 aromatic carbocycles. The smallest absolute Gasteiger partial charge is 0.247 e. The summed E-state index contributed by atoms with van der Waals surface area (Å²) in [7, 11) is 0. The summed E-state index contributed by atoms with van der Waals surface area (Å²) >= 11 is 0. The Kier molecular flexibility index (Phi) is 2.75. The minimum absolute atomic E-state index is 0.441. The first-order chi connectivity index (χ1) is 10.2. The van der Waals surface area contributed by atoms with Gasteiger partial charge in [-0.15, -0.1) is 0 Å². The summed E-state index contributed by atoms with van der Waals surface area (Å²) in [5, 5.41) is 5.16. The number of benzene rings is 1. The van der Waals surface area contributed by atoms with Crippen molar-refractivity contribution in [3.63, 3.8) is 0 Å². The Bertz CT molecular complexity index is 790. The summed E-state index contributed by atoms with van der Waals surface area (Å²) in [6.07, 6.45) is 5.85. The van der Waals surface area contributed by atoms with E-state index in [-0.39, 0.29) is 0 Å². The van der Waals surface area contributed by atoms with E-state index in [2.05, 4.69) is 15.1 Å². The zero-order chi connectivity index (χ0) is 14.3. The molecular formula is C16H16N4O. The minimum Gasteiger partial charge on any atom is -0.337 e. The lowest BCUT2D eigenvalue weighted by Gasteiger charge is -2.17. The minimum atomic E-state index is -0.441. The Morgan fingerprint density at radius 1 is 1.14 bits per heavy atom. The summed E-state index contributed by atoms with van der Waals surface area (Å²) in [6.45, 7) is 0. The van der Waals surface area contributed by atoms with Gasteiger partial charge in [0.15, 0.2) is 0 Å². The number of hydrogen-bond acceptors (Lipinski definition) is 5. The van der Waals surface area contributed by atoms with Gasteiger partial charge in [0.25, 0.3) is 0 Å². The molecule has 0 atom stereocenters. The molecule has 1 aliphatic carbocycles. The second kappa shape index (κ2) is 4.63. The monoisotopic (exact) mass is 280 g/mol. The van der Waals surface area contributed by atoms with Gasteiger partial charge >= 0.3 is 0 Å². The Balaban J connectivity index is 1.73. The van der Waals surface area contributed by atoms with Gasteiger partial charge in [0.05, 0.1) is 11.1 Å². The van der Waals surface area contributed by atoms with Crippen LogP contribution in [0.15, 0.2) is 41.1 Å². The van der Waals surface area contributed by atoms with Crippen LogP contribution in [0.3, 0.4) is 0 Å². The maximum Gasteiger partial charge on any atom is 0.247 e. The van der Waals surface area contributed by atoms with Crippen molar-refractivity contribution in [3.05, 3.63) is 42.4 Å². The van der Waals surface area contributed by atoms with Gasteiger partial charge in [-0.3, -0.25) is 4.98 Å². The fourth-order valence-corrected chi connectivity index (χ4v) is 2.98. The topological polar surface area (TPSA) is 77.8 Å². The number of pyridine rings is 1. The molecule has 0 aliphatic heterocycles. The van der Waals surface area contributed by atoms with E-state index in [9.17, 15) is 0 Å². The summed E-state index contributed by atoms with van der Waals surface area (Å²) in [6, 6.07) is 9.89. The summed E-state index contributed by atoms with van der Waals surface area (Å²) in [5.74, 6) is 1.15. The van der Waals surface area contributed by atoms with Crippen LogP contribution in [0, 0.1) is 0 Å².